The van der Waals surface area contributed by atoms with E-state index in [-0.39, 0.29) is 6.40 Å². The first-order valence-electron chi connectivity index (χ1n) is 6.92. The maximum Gasteiger partial charge on any atom is 0.0366 e. The van der Waals surface area contributed by atoms with E-state index in [1.165, 1.54) is 11.1 Å². The Morgan fingerprint density at radius 3 is 2.18 bits per heavy atom. The van der Waals surface area contributed by atoms with Gasteiger partial charge in [0.2, 0.25) is 0 Å². The van der Waals surface area contributed by atoms with Gasteiger partial charge in [0.25, 0.3) is 0 Å². The van der Waals surface area contributed by atoms with Crippen LogP contribution in [0.1, 0.15) is 37.5 Å². The molecule has 0 saturated heterocycles. The van der Waals surface area contributed by atoms with Crippen molar-refractivity contribution in [3.05, 3.63) is 70.8 Å². The fourth-order valence-electron chi connectivity index (χ4n) is 2.15. The van der Waals surface area contributed by atoms with Crippen LogP contribution >= 0.6 is 0 Å². The van der Waals surface area contributed by atoms with E-state index in [0.29, 0.717) is 0 Å². The van der Waals surface area contributed by atoms with Crippen LogP contribution in [0.25, 0.3) is 0 Å². The van der Waals surface area contributed by atoms with Crippen molar-refractivity contribution in [3.8, 4) is 0 Å². The van der Waals surface area contributed by atoms with E-state index >= 15 is 0 Å². The molecule has 0 radical (unpaired) electrons. The Labute approximate surface area is 106 Å². The van der Waals surface area contributed by atoms with Gasteiger partial charge in [0.15, 0.2) is 0 Å². The molecule has 0 spiro atoms. The minimum Gasteiger partial charge on any atom is -0.0622 e. The standard InChI is InChI=1S/C17H20/c1-3-16-11-10-15(13-17(16)4-2)12-14-8-6-5-7-9-14/h5-11,13H,3-4,12H2,1-2H3/i12D. The van der Waals surface area contributed by atoms with Crippen LogP contribution in [0.15, 0.2) is 48.5 Å². The lowest BCUT2D eigenvalue weighted by molar-refractivity contribution is 1.02. The van der Waals surface area contributed by atoms with Crippen LogP contribution < -0.4 is 0 Å². The predicted octanol–water partition coefficient (Wildman–Crippen LogP) is 4.40. The van der Waals surface area contributed by atoms with Crippen molar-refractivity contribution < 1.29 is 1.37 Å². The summed E-state index contributed by atoms with van der Waals surface area (Å²) in [5.74, 6) is 0. The van der Waals surface area contributed by atoms with Gasteiger partial charge in [0.05, 0.1) is 0 Å². The molecule has 0 aliphatic rings. The highest BCUT2D eigenvalue weighted by Crippen LogP contribution is 2.16. The van der Waals surface area contributed by atoms with Gasteiger partial charge in [-0.1, -0.05) is 62.4 Å². The second kappa shape index (κ2) is 5.67. The Balaban J connectivity index is 2.34. The van der Waals surface area contributed by atoms with Crippen LogP contribution in [-0.4, -0.2) is 0 Å². The molecule has 0 aliphatic carbocycles. The van der Waals surface area contributed by atoms with Gasteiger partial charge in [-0.3, -0.25) is 0 Å². The van der Waals surface area contributed by atoms with Crippen molar-refractivity contribution in [3.63, 3.8) is 0 Å². The van der Waals surface area contributed by atoms with Gasteiger partial charge in [0.1, 0.15) is 0 Å². The predicted molar refractivity (Wildman–Crippen MR) is 74.4 cm³/mol. The van der Waals surface area contributed by atoms with E-state index in [9.17, 15) is 0 Å². The molecular weight excluding hydrogens is 204 g/mol. The van der Waals surface area contributed by atoms with Crippen LogP contribution in [-0.2, 0) is 19.2 Å². The Bertz CT molecular complexity index is 502. The number of hydrogen-bond donors (Lipinski definition) is 0. The molecule has 0 aromatic heterocycles. The summed E-state index contributed by atoms with van der Waals surface area (Å²) in [6.07, 6.45) is 1.83. The van der Waals surface area contributed by atoms with Gasteiger partial charge in [-0.2, -0.15) is 0 Å². The molecular formula is C17H20. The van der Waals surface area contributed by atoms with E-state index in [0.717, 1.165) is 24.0 Å². The van der Waals surface area contributed by atoms with Gasteiger partial charge in [-0.15, -0.1) is 0 Å². The fourth-order valence-corrected chi connectivity index (χ4v) is 2.15. The largest absolute Gasteiger partial charge is 0.0622 e. The lowest BCUT2D eigenvalue weighted by atomic mass is 9.97. The molecule has 0 heterocycles. The van der Waals surface area contributed by atoms with Crippen LogP contribution in [0.2, 0.25) is 0 Å². The van der Waals surface area contributed by atoms with E-state index in [4.69, 9.17) is 1.37 Å². The summed E-state index contributed by atoms with van der Waals surface area (Å²) in [7, 11) is 0. The first-order chi connectivity index (χ1) is 8.76. The van der Waals surface area contributed by atoms with E-state index in [1.807, 2.05) is 30.3 Å². The molecule has 0 N–H and O–H groups in total. The molecule has 2 aromatic rings. The highest BCUT2D eigenvalue weighted by atomic mass is 14.1. The number of benzene rings is 2. The van der Waals surface area contributed by atoms with E-state index < -0.39 is 0 Å². The van der Waals surface area contributed by atoms with Crippen LogP contribution in [0, 0.1) is 0 Å². The lowest BCUT2D eigenvalue weighted by Crippen LogP contribution is -1.95. The first-order valence-corrected chi connectivity index (χ1v) is 6.35. The van der Waals surface area contributed by atoms with Gasteiger partial charge < -0.3 is 0 Å². The molecule has 0 fully saturated rings. The molecule has 88 valence electrons. The third-order valence-electron chi connectivity index (χ3n) is 3.13. The van der Waals surface area contributed by atoms with Gasteiger partial charge >= 0.3 is 0 Å². The Hall–Kier alpha value is -1.56. The smallest absolute Gasteiger partial charge is 0.0366 e. The second-order valence-electron chi connectivity index (χ2n) is 4.29. The lowest BCUT2D eigenvalue weighted by Gasteiger charge is -2.09. The van der Waals surface area contributed by atoms with Gasteiger partial charge in [0, 0.05) is 1.37 Å². The molecule has 0 heteroatoms. The summed E-state index contributed by atoms with van der Waals surface area (Å²) in [4.78, 5) is 0. The van der Waals surface area contributed by atoms with Crippen molar-refractivity contribution in [2.45, 2.75) is 33.1 Å². The Morgan fingerprint density at radius 2 is 1.53 bits per heavy atom. The fraction of sp³-hybridized carbons (Fsp3) is 0.294. The summed E-state index contributed by atoms with van der Waals surface area (Å²) < 4.78 is 8.35. The molecule has 2 rings (SSSR count). The monoisotopic (exact) mass is 225 g/mol. The molecule has 0 bridgehead atoms. The molecule has 0 aliphatic heterocycles. The van der Waals surface area contributed by atoms with Crippen LogP contribution in [0.3, 0.4) is 0 Å². The molecule has 17 heavy (non-hydrogen) atoms. The zero-order valence-electron chi connectivity index (χ0n) is 11.6. The van der Waals surface area contributed by atoms with Crippen molar-refractivity contribution in [1.82, 2.24) is 0 Å². The first kappa shape index (κ1) is 10.6. The van der Waals surface area contributed by atoms with Crippen molar-refractivity contribution in [2.75, 3.05) is 0 Å². The zero-order valence-corrected chi connectivity index (χ0v) is 10.6. The van der Waals surface area contributed by atoms with Gasteiger partial charge in [-0.05, 0) is 41.5 Å². The molecule has 0 amide bonds. The molecule has 2 aromatic carbocycles. The minimum absolute atomic E-state index is 0.276. The third-order valence-corrected chi connectivity index (χ3v) is 3.13. The van der Waals surface area contributed by atoms with Crippen molar-refractivity contribution in [1.29, 1.82) is 0 Å². The zero-order chi connectivity index (χ0) is 13.0. The number of aryl methyl sites for hydroxylation is 2. The summed E-state index contributed by atoms with van der Waals surface area (Å²) >= 11 is 0. The maximum absolute atomic E-state index is 8.35. The topological polar surface area (TPSA) is 0 Å². The van der Waals surface area contributed by atoms with Crippen LogP contribution in [0.4, 0.5) is 0 Å². The average Bonchev–Trinajstić information content (AvgIpc) is 2.46. The Morgan fingerprint density at radius 1 is 0.824 bits per heavy atom. The number of rotatable bonds is 4. The van der Waals surface area contributed by atoms with Crippen molar-refractivity contribution >= 4 is 0 Å². The second-order valence-corrected chi connectivity index (χ2v) is 4.29. The maximum atomic E-state index is 8.35. The average molecular weight is 225 g/mol. The van der Waals surface area contributed by atoms with Crippen molar-refractivity contribution in [2.24, 2.45) is 0 Å². The quantitative estimate of drug-likeness (QED) is 0.723. The summed E-state index contributed by atoms with van der Waals surface area (Å²) in [6, 6.07) is 16.5. The van der Waals surface area contributed by atoms with Crippen LogP contribution in [0.5, 0.6) is 0 Å². The molecule has 0 nitrogen and oxygen atoms in total. The van der Waals surface area contributed by atoms with Gasteiger partial charge in [-0.25, -0.2) is 0 Å². The van der Waals surface area contributed by atoms with E-state index in [1.54, 1.807) is 0 Å². The van der Waals surface area contributed by atoms with E-state index in [2.05, 4.69) is 32.0 Å². The highest BCUT2D eigenvalue weighted by Gasteiger charge is 2.01. The summed E-state index contributed by atoms with van der Waals surface area (Å²) in [5.41, 5.74) is 4.93. The summed E-state index contributed by atoms with van der Waals surface area (Å²) in [5, 5.41) is 0. The SMILES string of the molecule is [2H]C(c1ccccc1)c1ccc(CC)c(CC)c1. The summed E-state index contributed by atoms with van der Waals surface area (Å²) in [6.45, 7) is 4.36. The normalized spacial score (nSPS) is 13.2. The minimum atomic E-state index is -0.276. The molecule has 0 saturated carbocycles. The third kappa shape index (κ3) is 2.97. The number of hydrogen-bond acceptors (Lipinski definition) is 0. The highest BCUT2D eigenvalue weighted by molar-refractivity contribution is 5.35. The Kier molecular flexibility index (Phi) is 3.53. The molecule has 1 atom stereocenters. The molecule has 1 unspecified atom stereocenters.